The lowest BCUT2D eigenvalue weighted by Gasteiger charge is -2.28. The monoisotopic (exact) mass is 517 g/mol. The predicted molar refractivity (Wildman–Crippen MR) is 133 cm³/mol. The molecular formula is C25H35N5O7. The number of urea groups is 1. The summed E-state index contributed by atoms with van der Waals surface area (Å²) in [5.74, 6) is -4.97. The summed E-state index contributed by atoms with van der Waals surface area (Å²) in [4.78, 5) is 77.9. The van der Waals surface area contributed by atoms with E-state index in [1.165, 1.54) is 4.90 Å². The third-order valence-corrected chi connectivity index (χ3v) is 6.02. The summed E-state index contributed by atoms with van der Waals surface area (Å²) in [7, 11) is 1.59. The number of nitrogens with one attached hydrogen (secondary N) is 3. The molecule has 12 nitrogen and oxygen atoms in total. The second-order valence-corrected chi connectivity index (χ2v) is 9.17. The summed E-state index contributed by atoms with van der Waals surface area (Å²) in [6.45, 7) is 4.69. The number of carbonyl (C=O) groups excluding carboxylic acids is 5. The zero-order valence-corrected chi connectivity index (χ0v) is 21.5. The van der Waals surface area contributed by atoms with Crippen LogP contribution in [0.2, 0.25) is 0 Å². The Balaban J connectivity index is 2.30. The third-order valence-electron chi connectivity index (χ3n) is 6.02. The summed E-state index contributed by atoms with van der Waals surface area (Å²) in [6, 6.07) is 5.27. The highest BCUT2D eigenvalue weighted by Gasteiger charge is 2.47. The van der Waals surface area contributed by atoms with Crippen LogP contribution in [0.4, 0.5) is 4.79 Å². The van der Waals surface area contributed by atoms with E-state index in [1.54, 1.807) is 14.0 Å². The van der Waals surface area contributed by atoms with Gasteiger partial charge in [0.05, 0.1) is 18.6 Å². The van der Waals surface area contributed by atoms with E-state index >= 15 is 0 Å². The lowest BCUT2D eigenvalue weighted by atomic mass is 10.0. The number of likely N-dealkylation sites (N-methyl/N-ethyl adjacent to an activating group) is 1. The number of carboxylic acids is 1. The number of ketones is 1. The maximum absolute atomic E-state index is 13.4. The lowest BCUT2D eigenvalue weighted by Crippen LogP contribution is -2.57. The van der Waals surface area contributed by atoms with Gasteiger partial charge in [0.15, 0.2) is 0 Å². The van der Waals surface area contributed by atoms with E-state index in [-0.39, 0.29) is 25.4 Å². The lowest BCUT2D eigenvalue weighted by molar-refractivity contribution is -0.143. The van der Waals surface area contributed by atoms with Crippen LogP contribution in [0.3, 0.4) is 0 Å². The van der Waals surface area contributed by atoms with Crippen LogP contribution in [-0.2, 0) is 30.5 Å². The minimum Gasteiger partial charge on any atom is -0.480 e. The summed E-state index contributed by atoms with van der Waals surface area (Å²) in [6.07, 6.45) is 0.545. The maximum atomic E-state index is 13.4. The van der Waals surface area contributed by atoms with Crippen LogP contribution in [0, 0.1) is 5.92 Å². The molecule has 1 saturated heterocycles. The molecule has 1 fully saturated rings. The SMILES string of the molecule is CCCC(NC(=O)C1CN(Cc2ccccc2)C(=O)N1C(=O)C(NC)C(C)C)C(=O)C(=O)NCC(=O)O. The van der Waals surface area contributed by atoms with Crippen molar-refractivity contribution in [2.75, 3.05) is 20.1 Å². The highest BCUT2D eigenvalue weighted by atomic mass is 16.4. The molecule has 0 bridgehead atoms. The van der Waals surface area contributed by atoms with Crippen LogP contribution in [0.1, 0.15) is 39.2 Å². The second-order valence-electron chi connectivity index (χ2n) is 9.17. The number of carboxylic acid groups (broad SMARTS) is 1. The maximum Gasteiger partial charge on any atom is 0.327 e. The van der Waals surface area contributed by atoms with Gasteiger partial charge in [-0.2, -0.15) is 0 Å². The molecule has 4 N–H and O–H groups in total. The van der Waals surface area contributed by atoms with Gasteiger partial charge in [0, 0.05) is 6.54 Å². The van der Waals surface area contributed by atoms with E-state index in [0.29, 0.717) is 6.42 Å². The largest absolute Gasteiger partial charge is 0.480 e. The van der Waals surface area contributed by atoms with Gasteiger partial charge in [-0.25, -0.2) is 9.69 Å². The standard InChI is InChI=1S/C25H35N5O7/c1-5-9-17(21(33)23(35)27-12-19(31)32)28-22(34)18-14-29(13-16-10-7-6-8-11-16)25(37)30(18)24(36)20(26-4)15(2)3/h6-8,10-11,15,17-18,20,26H,5,9,12-14H2,1-4H3,(H,27,35)(H,28,34)(H,31,32). The molecule has 1 aromatic carbocycles. The summed E-state index contributed by atoms with van der Waals surface area (Å²) >= 11 is 0. The van der Waals surface area contributed by atoms with Crippen molar-refractivity contribution in [3.05, 3.63) is 35.9 Å². The number of rotatable bonds is 13. The van der Waals surface area contributed by atoms with Crippen molar-refractivity contribution in [2.24, 2.45) is 5.92 Å². The first-order valence-corrected chi connectivity index (χ1v) is 12.2. The van der Waals surface area contributed by atoms with Crippen LogP contribution in [0.15, 0.2) is 30.3 Å². The highest BCUT2D eigenvalue weighted by Crippen LogP contribution is 2.22. The van der Waals surface area contributed by atoms with Gasteiger partial charge in [-0.05, 0) is 24.9 Å². The average Bonchev–Trinajstić information content (AvgIpc) is 3.18. The van der Waals surface area contributed by atoms with Gasteiger partial charge in [0.2, 0.25) is 17.6 Å². The van der Waals surface area contributed by atoms with Crippen molar-refractivity contribution < 1.29 is 33.9 Å². The van der Waals surface area contributed by atoms with Crippen molar-refractivity contribution in [2.45, 2.75) is 58.3 Å². The molecule has 37 heavy (non-hydrogen) atoms. The van der Waals surface area contributed by atoms with Crippen molar-refractivity contribution in [3.63, 3.8) is 0 Å². The van der Waals surface area contributed by atoms with E-state index in [9.17, 15) is 28.8 Å². The van der Waals surface area contributed by atoms with Gasteiger partial charge in [0.1, 0.15) is 12.6 Å². The number of hydrogen-bond donors (Lipinski definition) is 4. The smallest absolute Gasteiger partial charge is 0.327 e. The second kappa shape index (κ2) is 13.5. The number of aliphatic carboxylic acids is 1. The number of carbonyl (C=O) groups is 6. The van der Waals surface area contributed by atoms with E-state index in [1.807, 2.05) is 49.5 Å². The molecule has 3 unspecified atom stereocenters. The highest BCUT2D eigenvalue weighted by molar-refractivity contribution is 6.38. The average molecular weight is 518 g/mol. The van der Waals surface area contributed by atoms with E-state index in [0.717, 1.165) is 10.5 Å². The molecular weight excluding hydrogens is 482 g/mol. The zero-order chi connectivity index (χ0) is 27.7. The fraction of sp³-hybridized carbons (Fsp3) is 0.520. The number of hydrogen-bond acceptors (Lipinski definition) is 7. The van der Waals surface area contributed by atoms with Gasteiger partial charge in [0.25, 0.3) is 5.91 Å². The summed E-state index contributed by atoms with van der Waals surface area (Å²) in [5, 5.41) is 16.1. The van der Waals surface area contributed by atoms with Crippen molar-refractivity contribution in [1.29, 1.82) is 0 Å². The van der Waals surface area contributed by atoms with Gasteiger partial charge in [-0.15, -0.1) is 0 Å². The number of Topliss-reactive ketones (excluding diaryl/α,β-unsaturated/α-hetero) is 1. The first-order valence-electron chi connectivity index (χ1n) is 12.2. The van der Waals surface area contributed by atoms with Gasteiger partial charge >= 0.3 is 12.0 Å². The first kappa shape index (κ1) is 29.4. The van der Waals surface area contributed by atoms with Crippen molar-refractivity contribution in [1.82, 2.24) is 25.8 Å². The molecule has 3 atom stereocenters. The Labute approximate surface area is 215 Å². The van der Waals surface area contributed by atoms with Crippen LogP contribution in [0.25, 0.3) is 0 Å². The summed E-state index contributed by atoms with van der Waals surface area (Å²) in [5.41, 5.74) is 0.812. The molecule has 0 radical (unpaired) electrons. The minimum atomic E-state index is -1.32. The molecule has 1 aliphatic heterocycles. The number of benzene rings is 1. The zero-order valence-electron chi connectivity index (χ0n) is 21.5. The topological polar surface area (TPSA) is 165 Å². The molecule has 2 rings (SSSR count). The summed E-state index contributed by atoms with van der Waals surface area (Å²) < 4.78 is 0. The first-order chi connectivity index (χ1) is 17.5. The van der Waals surface area contributed by atoms with Crippen LogP contribution < -0.4 is 16.0 Å². The Morgan fingerprint density at radius 2 is 1.76 bits per heavy atom. The van der Waals surface area contributed by atoms with Crippen LogP contribution in [-0.4, -0.2) is 88.7 Å². The quantitative estimate of drug-likeness (QED) is 0.268. The van der Waals surface area contributed by atoms with Crippen LogP contribution >= 0.6 is 0 Å². The van der Waals surface area contributed by atoms with Crippen molar-refractivity contribution in [3.8, 4) is 0 Å². The Hall–Kier alpha value is -3.80. The van der Waals surface area contributed by atoms with E-state index in [2.05, 4.69) is 10.6 Å². The molecule has 0 aliphatic carbocycles. The van der Waals surface area contributed by atoms with Gasteiger partial charge < -0.3 is 26.0 Å². The van der Waals surface area contributed by atoms with Crippen LogP contribution in [0.5, 0.6) is 0 Å². The molecule has 202 valence electrons. The Morgan fingerprint density at radius 1 is 1.11 bits per heavy atom. The molecule has 1 heterocycles. The fourth-order valence-electron chi connectivity index (χ4n) is 4.16. The van der Waals surface area contributed by atoms with Gasteiger partial charge in [-0.1, -0.05) is 57.5 Å². The van der Waals surface area contributed by atoms with E-state index < -0.39 is 60.2 Å². The molecule has 12 heteroatoms. The molecule has 1 aromatic rings. The number of nitrogens with zero attached hydrogens (tertiary/aromatic N) is 2. The molecule has 0 aromatic heterocycles. The third kappa shape index (κ3) is 7.59. The molecule has 0 saturated carbocycles. The number of amides is 5. The van der Waals surface area contributed by atoms with Crippen molar-refractivity contribution >= 4 is 35.5 Å². The minimum absolute atomic E-state index is 0.0991. The Bertz CT molecular complexity index is 1010. The van der Waals surface area contributed by atoms with Gasteiger partial charge in [-0.3, -0.25) is 24.0 Å². The molecule has 0 spiro atoms. The number of imide groups is 1. The fourth-order valence-corrected chi connectivity index (χ4v) is 4.16. The Morgan fingerprint density at radius 3 is 2.30 bits per heavy atom. The molecule has 1 aliphatic rings. The van der Waals surface area contributed by atoms with E-state index in [4.69, 9.17) is 5.11 Å². The molecule has 5 amide bonds. The predicted octanol–water partition coefficient (Wildman–Crippen LogP) is 0.118. The Kier molecular flexibility index (Phi) is 10.7. The normalized spacial score (nSPS) is 16.9.